The van der Waals surface area contributed by atoms with Gasteiger partial charge in [0.1, 0.15) is 0 Å². The van der Waals surface area contributed by atoms with E-state index in [-0.39, 0.29) is 25.2 Å². The number of hydrogen-bond acceptors (Lipinski definition) is 7. The minimum absolute atomic E-state index is 0. The molecule has 1 aromatic carbocycles. The van der Waals surface area contributed by atoms with Gasteiger partial charge in [-0.15, -0.1) is 23.7 Å². The van der Waals surface area contributed by atoms with Crippen LogP contribution in [0.25, 0.3) is 0 Å². The number of nitrogens with zero attached hydrogens (tertiary/aromatic N) is 1. The average Bonchev–Trinajstić information content (AvgIpc) is 3.01. The van der Waals surface area contributed by atoms with Crippen molar-refractivity contribution in [2.45, 2.75) is 24.5 Å². The Bertz CT molecular complexity index is 891. The van der Waals surface area contributed by atoms with Crippen molar-refractivity contribution in [2.75, 3.05) is 30.0 Å². The number of nitrogens with one attached hydrogen (secondary N) is 3. The molecule has 1 saturated heterocycles. The van der Waals surface area contributed by atoms with Crippen LogP contribution in [0.4, 0.5) is 16.5 Å². The molecular weight excluding hydrogens is 408 g/mol. The van der Waals surface area contributed by atoms with E-state index in [2.05, 4.69) is 20.9 Å². The van der Waals surface area contributed by atoms with Crippen LogP contribution >= 0.6 is 23.7 Å². The molecule has 27 heavy (non-hydrogen) atoms. The maximum absolute atomic E-state index is 12.8. The van der Waals surface area contributed by atoms with Crippen molar-refractivity contribution in [1.29, 1.82) is 0 Å². The summed E-state index contributed by atoms with van der Waals surface area (Å²) in [6, 6.07) is 7.14. The van der Waals surface area contributed by atoms with Gasteiger partial charge in [0, 0.05) is 23.0 Å². The third-order valence-electron chi connectivity index (χ3n) is 4.55. The van der Waals surface area contributed by atoms with Crippen LogP contribution in [0.15, 0.2) is 29.6 Å². The second-order valence-corrected chi connectivity index (χ2v) is 9.65. The van der Waals surface area contributed by atoms with Crippen LogP contribution in [0.5, 0.6) is 0 Å². The van der Waals surface area contributed by atoms with E-state index in [1.165, 1.54) is 11.3 Å². The SMILES string of the molecule is Cc1csc(Nc2ccc(NC(=O)C3(S(C)(=O)=O)CCNCC3)cc2)n1.Cl. The van der Waals surface area contributed by atoms with Gasteiger partial charge in [-0.2, -0.15) is 0 Å². The second kappa shape index (κ2) is 8.55. The van der Waals surface area contributed by atoms with E-state index in [1.807, 2.05) is 24.4 Å². The first kappa shape index (κ1) is 21.6. The molecule has 0 radical (unpaired) electrons. The lowest BCUT2D eigenvalue weighted by Gasteiger charge is -2.34. The van der Waals surface area contributed by atoms with Gasteiger partial charge < -0.3 is 16.0 Å². The first-order valence-electron chi connectivity index (χ1n) is 8.31. The van der Waals surface area contributed by atoms with Gasteiger partial charge in [-0.25, -0.2) is 13.4 Å². The molecule has 0 bridgehead atoms. The highest BCUT2D eigenvalue weighted by atomic mass is 35.5. The van der Waals surface area contributed by atoms with Gasteiger partial charge >= 0.3 is 0 Å². The maximum atomic E-state index is 12.8. The van der Waals surface area contributed by atoms with Crippen molar-refractivity contribution in [2.24, 2.45) is 0 Å². The summed E-state index contributed by atoms with van der Waals surface area (Å²) in [7, 11) is -3.52. The number of aromatic nitrogens is 1. The predicted molar refractivity (Wildman–Crippen MR) is 112 cm³/mol. The van der Waals surface area contributed by atoms with E-state index >= 15 is 0 Å². The van der Waals surface area contributed by atoms with Crippen molar-refractivity contribution in [3.05, 3.63) is 35.3 Å². The Labute approximate surface area is 169 Å². The third kappa shape index (κ3) is 4.78. The molecule has 1 aliphatic rings. The molecule has 7 nitrogen and oxygen atoms in total. The van der Waals surface area contributed by atoms with Gasteiger partial charge in [0.05, 0.1) is 5.69 Å². The molecule has 1 aromatic heterocycles. The van der Waals surface area contributed by atoms with E-state index in [0.717, 1.165) is 22.8 Å². The third-order valence-corrected chi connectivity index (χ3v) is 7.44. The molecule has 2 heterocycles. The van der Waals surface area contributed by atoms with Crippen molar-refractivity contribution in [3.8, 4) is 0 Å². The lowest BCUT2D eigenvalue weighted by molar-refractivity contribution is -0.119. The number of aryl methyl sites for hydroxylation is 1. The molecule has 3 rings (SSSR count). The molecule has 2 aromatic rings. The molecule has 1 fully saturated rings. The highest BCUT2D eigenvalue weighted by molar-refractivity contribution is 7.92. The number of carbonyl (C=O) groups is 1. The summed E-state index contributed by atoms with van der Waals surface area (Å²) in [4.78, 5) is 17.1. The number of rotatable bonds is 5. The fraction of sp³-hybridized carbons (Fsp3) is 0.412. The summed E-state index contributed by atoms with van der Waals surface area (Å²) in [5.74, 6) is -0.460. The van der Waals surface area contributed by atoms with Crippen molar-refractivity contribution >= 4 is 56.0 Å². The van der Waals surface area contributed by atoms with E-state index in [1.54, 1.807) is 12.1 Å². The number of amides is 1. The minimum Gasteiger partial charge on any atom is -0.332 e. The number of piperidine rings is 1. The van der Waals surface area contributed by atoms with Gasteiger partial charge in [-0.3, -0.25) is 4.79 Å². The number of carbonyl (C=O) groups excluding carboxylic acids is 1. The standard InChI is InChI=1S/C17H22N4O3S2.ClH/c1-12-11-25-16(19-12)21-14-5-3-13(4-6-14)20-15(22)17(26(2,23)24)7-9-18-10-8-17;/h3-6,11,18H,7-10H2,1-2H3,(H,19,21)(H,20,22);1H. The van der Waals surface area contributed by atoms with Crippen molar-refractivity contribution in [3.63, 3.8) is 0 Å². The molecule has 0 spiro atoms. The Kier molecular flexibility index (Phi) is 6.85. The number of anilines is 3. The molecule has 0 unspecified atom stereocenters. The van der Waals surface area contributed by atoms with E-state index in [4.69, 9.17) is 0 Å². The Hall–Kier alpha value is -1.68. The van der Waals surface area contributed by atoms with E-state index in [9.17, 15) is 13.2 Å². The number of sulfone groups is 1. The fourth-order valence-electron chi connectivity index (χ4n) is 3.01. The number of halogens is 1. The zero-order valence-corrected chi connectivity index (χ0v) is 17.6. The van der Waals surface area contributed by atoms with Gasteiger partial charge in [-0.05, 0) is 57.1 Å². The predicted octanol–water partition coefficient (Wildman–Crippen LogP) is 2.72. The zero-order chi connectivity index (χ0) is 18.8. The van der Waals surface area contributed by atoms with Crippen LogP contribution in [0, 0.1) is 6.92 Å². The van der Waals surface area contributed by atoms with Gasteiger partial charge in [0.25, 0.3) is 0 Å². The molecule has 1 amide bonds. The number of benzene rings is 1. The van der Waals surface area contributed by atoms with Crippen molar-refractivity contribution < 1.29 is 13.2 Å². The average molecular weight is 431 g/mol. The van der Waals surface area contributed by atoms with Crippen molar-refractivity contribution in [1.82, 2.24) is 10.3 Å². The minimum atomic E-state index is -3.52. The first-order chi connectivity index (χ1) is 12.3. The first-order valence-corrected chi connectivity index (χ1v) is 11.1. The topological polar surface area (TPSA) is 100 Å². The smallest absolute Gasteiger partial charge is 0.245 e. The van der Waals surface area contributed by atoms with Crippen LogP contribution in [-0.4, -0.2) is 43.4 Å². The van der Waals surface area contributed by atoms with Crippen LogP contribution in [0.3, 0.4) is 0 Å². The molecular formula is C17H23ClN4O3S2. The molecule has 10 heteroatoms. The van der Waals surface area contributed by atoms with Gasteiger partial charge in [-0.1, -0.05) is 0 Å². The highest BCUT2D eigenvalue weighted by Crippen LogP contribution is 2.30. The molecule has 1 aliphatic heterocycles. The Morgan fingerprint density at radius 3 is 2.30 bits per heavy atom. The van der Waals surface area contributed by atoms with Crippen LogP contribution in [0.2, 0.25) is 0 Å². The lowest BCUT2D eigenvalue weighted by Crippen LogP contribution is -2.55. The summed E-state index contributed by atoms with van der Waals surface area (Å²) in [5, 5.41) is 11.8. The maximum Gasteiger partial charge on any atom is 0.245 e. The number of hydrogen-bond donors (Lipinski definition) is 3. The summed E-state index contributed by atoms with van der Waals surface area (Å²) >= 11 is 1.52. The van der Waals surface area contributed by atoms with E-state index < -0.39 is 20.5 Å². The number of thiazole rings is 1. The summed E-state index contributed by atoms with van der Waals surface area (Å²) in [5.41, 5.74) is 2.36. The molecule has 148 valence electrons. The van der Waals surface area contributed by atoms with Gasteiger partial charge in [0.15, 0.2) is 19.7 Å². The van der Waals surface area contributed by atoms with Crippen LogP contribution in [0.1, 0.15) is 18.5 Å². The van der Waals surface area contributed by atoms with E-state index in [0.29, 0.717) is 18.8 Å². The Morgan fingerprint density at radius 2 is 1.78 bits per heavy atom. The second-order valence-electron chi connectivity index (χ2n) is 6.47. The Balaban J connectivity index is 0.00000261. The normalized spacial score (nSPS) is 16.2. The summed E-state index contributed by atoms with van der Waals surface area (Å²) in [6.45, 7) is 2.95. The molecule has 3 N–H and O–H groups in total. The quantitative estimate of drug-likeness (QED) is 0.674. The van der Waals surface area contributed by atoms with Crippen LogP contribution in [-0.2, 0) is 14.6 Å². The lowest BCUT2D eigenvalue weighted by atomic mass is 9.95. The Morgan fingerprint density at radius 1 is 1.19 bits per heavy atom. The fourth-order valence-corrected chi connectivity index (χ4v) is 5.06. The molecule has 0 aliphatic carbocycles. The zero-order valence-electron chi connectivity index (χ0n) is 15.1. The summed E-state index contributed by atoms with van der Waals surface area (Å²) in [6.07, 6.45) is 1.70. The highest BCUT2D eigenvalue weighted by Gasteiger charge is 2.48. The summed E-state index contributed by atoms with van der Waals surface area (Å²) < 4.78 is 23.2. The van der Waals surface area contributed by atoms with Gasteiger partial charge in [0.2, 0.25) is 5.91 Å². The van der Waals surface area contributed by atoms with Crippen LogP contribution < -0.4 is 16.0 Å². The molecule has 0 saturated carbocycles. The largest absolute Gasteiger partial charge is 0.332 e. The molecule has 0 atom stereocenters. The monoisotopic (exact) mass is 430 g/mol.